The van der Waals surface area contributed by atoms with Gasteiger partial charge in [0.1, 0.15) is 6.04 Å². The summed E-state index contributed by atoms with van der Waals surface area (Å²) in [6.07, 6.45) is 6.95. The Kier molecular flexibility index (Phi) is 6.11. The van der Waals surface area contributed by atoms with Crippen LogP contribution in [0.4, 0.5) is 5.13 Å². The van der Waals surface area contributed by atoms with E-state index in [-0.39, 0.29) is 23.8 Å². The molecule has 9 heteroatoms. The second-order valence-corrected chi connectivity index (χ2v) is 8.47. The molecule has 0 bridgehead atoms. The normalized spacial score (nSPS) is 21.1. The van der Waals surface area contributed by atoms with Gasteiger partial charge in [0.2, 0.25) is 18.2 Å². The van der Waals surface area contributed by atoms with Gasteiger partial charge in [0.25, 0.3) is 0 Å². The fourth-order valence-corrected chi connectivity index (χ4v) is 4.31. The number of carbonyl (C=O) groups is 3. The first-order valence-electron chi connectivity index (χ1n) is 9.39. The molecule has 1 saturated heterocycles. The molecule has 2 aliphatic rings. The van der Waals surface area contributed by atoms with Gasteiger partial charge in [0.05, 0.1) is 12.5 Å². The third kappa shape index (κ3) is 4.65. The smallest absolute Gasteiger partial charge is 0.248 e. The van der Waals surface area contributed by atoms with Crippen LogP contribution in [0.25, 0.3) is 0 Å². The maximum atomic E-state index is 13.2. The van der Waals surface area contributed by atoms with E-state index in [0.29, 0.717) is 36.0 Å². The molecule has 27 heavy (non-hydrogen) atoms. The van der Waals surface area contributed by atoms with Gasteiger partial charge in [-0.15, -0.1) is 11.3 Å². The Morgan fingerprint density at radius 3 is 2.93 bits per heavy atom. The zero-order chi connectivity index (χ0) is 19.4. The predicted octanol–water partition coefficient (Wildman–Crippen LogP) is 2.12. The minimum Gasteiger partial charge on any atom is -0.330 e. The second-order valence-electron chi connectivity index (χ2n) is 7.58. The maximum Gasteiger partial charge on any atom is 0.248 e. The number of anilines is 1. The molecule has 2 atom stereocenters. The number of nitrogens with zero attached hydrogens (tertiary/aromatic N) is 3. The number of hydrogen-bond acceptors (Lipinski definition) is 6. The van der Waals surface area contributed by atoms with Crippen molar-refractivity contribution in [2.45, 2.75) is 51.5 Å². The van der Waals surface area contributed by atoms with E-state index >= 15 is 0 Å². The quantitative estimate of drug-likeness (QED) is 0.379. The highest BCUT2D eigenvalue weighted by atomic mass is 32.1. The number of hydroxylamine groups is 2. The Morgan fingerprint density at radius 2 is 2.33 bits per heavy atom. The summed E-state index contributed by atoms with van der Waals surface area (Å²) in [6, 6.07) is -0.531. The summed E-state index contributed by atoms with van der Waals surface area (Å²) in [4.78, 5) is 42.6. The van der Waals surface area contributed by atoms with Crippen LogP contribution in [0.15, 0.2) is 11.6 Å². The molecule has 2 unspecified atom stereocenters. The highest BCUT2D eigenvalue weighted by Crippen LogP contribution is 2.55. The Morgan fingerprint density at radius 1 is 1.56 bits per heavy atom. The number of carbonyl (C=O) groups excluding carboxylic acids is 3. The van der Waals surface area contributed by atoms with Gasteiger partial charge in [0.15, 0.2) is 5.13 Å². The number of likely N-dealkylation sites (tertiary alicyclic amines) is 1. The molecule has 2 fully saturated rings. The molecule has 3 amide bonds. The van der Waals surface area contributed by atoms with E-state index in [9.17, 15) is 19.6 Å². The van der Waals surface area contributed by atoms with Gasteiger partial charge in [-0.3, -0.25) is 19.6 Å². The summed E-state index contributed by atoms with van der Waals surface area (Å²) < 4.78 is 0. The second kappa shape index (κ2) is 8.35. The Labute approximate surface area is 162 Å². The van der Waals surface area contributed by atoms with Gasteiger partial charge >= 0.3 is 0 Å². The predicted molar refractivity (Wildman–Crippen MR) is 100 cm³/mol. The Bertz CT molecular complexity index is 677. The fraction of sp³-hybridized carbons (Fsp3) is 0.667. The molecule has 3 rings (SSSR count). The maximum absolute atomic E-state index is 13.2. The van der Waals surface area contributed by atoms with Gasteiger partial charge in [-0.25, -0.2) is 10.0 Å². The van der Waals surface area contributed by atoms with Crippen LogP contribution in [-0.4, -0.2) is 57.5 Å². The number of amides is 3. The Balaban J connectivity index is 1.74. The molecular formula is C18H26N4O4S. The van der Waals surface area contributed by atoms with Gasteiger partial charge in [-0.05, 0) is 31.1 Å². The van der Waals surface area contributed by atoms with Crippen molar-refractivity contribution in [3.8, 4) is 0 Å². The third-order valence-electron chi connectivity index (χ3n) is 5.50. The SMILES string of the molecule is CCCCC(CN(O)C=O)C(=O)N1CC2(CC2)CC1C(=O)Nc1nccs1. The van der Waals surface area contributed by atoms with Crippen LogP contribution in [-0.2, 0) is 14.4 Å². The monoisotopic (exact) mass is 394 g/mol. The molecular weight excluding hydrogens is 368 g/mol. The first-order chi connectivity index (χ1) is 13.0. The van der Waals surface area contributed by atoms with Crippen LogP contribution in [0.5, 0.6) is 0 Å². The van der Waals surface area contributed by atoms with Crippen LogP contribution in [0.2, 0.25) is 0 Å². The zero-order valence-electron chi connectivity index (χ0n) is 15.5. The molecule has 1 aliphatic carbocycles. The van der Waals surface area contributed by atoms with Gasteiger partial charge in [0, 0.05) is 18.1 Å². The lowest BCUT2D eigenvalue weighted by Crippen LogP contribution is -2.47. The third-order valence-corrected chi connectivity index (χ3v) is 6.19. The molecule has 1 spiro atoms. The summed E-state index contributed by atoms with van der Waals surface area (Å²) in [5, 5.41) is 15.2. The van der Waals surface area contributed by atoms with E-state index in [2.05, 4.69) is 10.3 Å². The van der Waals surface area contributed by atoms with Crippen molar-refractivity contribution in [2.24, 2.45) is 11.3 Å². The van der Waals surface area contributed by atoms with E-state index in [1.54, 1.807) is 16.5 Å². The van der Waals surface area contributed by atoms with Crippen molar-refractivity contribution >= 4 is 34.7 Å². The van der Waals surface area contributed by atoms with Crippen molar-refractivity contribution in [3.63, 3.8) is 0 Å². The fourth-order valence-electron chi connectivity index (χ4n) is 3.78. The lowest BCUT2D eigenvalue weighted by molar-refractivity contribution is -0.157. The number of thiazole rings is 1. The summed E-state index contributed by atoms with van der Waals surface area (Å²) in [5.74, 6) is -0.885. The Hall–Kier alpha value is -2.00. The topological polar surface area (TPSA) is 103 Å². The van der Waals surface area contributed by atoms with Crippen LogP contribution < -0.4 is 5.32 Å². The molecule has 1 saturated carbocycles. The standard InChI is InChI=1S/C18H26N4O4S/c1-2-3-4-13(10-21(26)12-23)16(25)22-11-18(5-6-18)9-14(22)15(24)20-17-19-7-8-27-17/h7-8,12-14,26H,2-6,9-11H2,1H3,(H,19,20,24). The van der Waals surface area contributed by atoms with E-state index in [4.69, 9.17) is 0 Å². The van der Waals surface area contributed by atoms with E-state index in [1.165, 1.54) is 11.3 Å². The number of unbranched alkanes of at least 4 members (excludes halogenated alkanes) is 1. The molecule has 1 aromatic rings. The van der Waals surface area contributed by atoms with Crippen molar-refractivity contribution in [3.05, 3.63) is 11.6 Å². The summed E-state index contributed by atoms with van der Waals surface area (Å²) >= 11 is 1.34. The molecule has 0 radical (unpaired) electrons. The number of aromatic nitrogens is 1. The van der Waals surface area contributed by atoms with Crippen molar-refractivity contribution in [1.29, 1.82) is 0 Å². The molecule has 1 aliphatic heterocycles. The van der Waals surface area contributed by atoms with Crippen LogP contribution in [0, 0.1) is 11.3 Å². The molecule has 2 heterocycles. The van der Waals surface area contributed by atoms with E-state index in [1.807, 2.05) is 6.92 Å². The minimum atomic E-state index is -0.531. The van der Waals surface area contributed by atoms with Gasteiger partial charge in [-0.1, -0.05) is 19.8 Å². The minimum absolute atomic E-state index is 0.0490. The number of hydrogen-bond donors (Lipinski definition) is 2. The molecule has 1 aromatic heterocycles. The first-order valence-corrected chi connectivity index (χ1v) is 10.3. The number of nitrogens with one attached hydrogen (secondary N) is 1. The highest BCUT2D eigenvalue weighted by molar-refractivity contribution is 7.13. The van der Waals surface area contributed by atoms with E-state index in [0.717, 1.165) is 25.7 Å². The lowest BCUT2D eigenvalue weighted by Gasteiger charge is -2.29. The van der Waals surface area contributed by atoms with Gasteiger partial charge < -0.3 is 10.2 Å². The highest BCUT2D eigenvalue weighted by Gasteiger charge is 2.55. The van der Waals surface area contributed by atoms with Crippen molar-refractivity contribution in [2.75, 3.05) is 18.4 Å². The van der Waals surface area contributed by atoms with Crippen molar-refractivity contribution < 1.29 is 19.6 Å². The summed E-state index contributed by atoms with van der Waals surface area (Å²) in [7, 11) is 0. The van der Waals surface area contributed by atoms with Crippen molar-refractivity contribution in [1.82, 2.24) is 14.9 Å². The summed E-state index contributed by atoms with van der Waals surface area (Å²) in [5.41, 5.74) is 0.0550. The first kappa shape index (κ1) is 19.8. The zero-order valence-corrected chi connectivity index (χ0v) is 16.3. The average Bonchev–Trinajstić information content (AvgIpc) is 3.05. The van der Waals surface area contributed by atoms with E-state index < -0.39 is 12.0 Å². The number of rotatable bonds is 9. The van der Waals surface area contributed by atoms with Crippen LogP contribution in [0.3, 0.4) is 0 Å². The molecule has 2 N–H and O–H groups in total. The molecule has 148 valence electrons. The molecule has 0 aromatic carbocycles. The largest absolute Gasteiger partial charge is 0.330 e. The molecule has 8 nitrogen and oxygen atoms in total. The lowest BCUT2D eigenvalue weighted by atomic mass is 9.99. The van der Waals surface area contributed by atoms with Crippen LogP contribution >= 0.6 is 11.3 Å². The van der Waals surface area contributed by atoms with Gasteiger partial charge in [-0.2, -0.15) is 0 Å². The average molecular weight is 394 g/mol. The van der Waals surface area contributed by atoms with Crippen LogP contribution in [0.1, 0.15) is 45.4 Å². The summed E-state index contributed by atoms with van der Waals surface area (Å²) in [6.45, 7) is 2.54.